The largest absolute Gasteiger partial charge is 0.480 e. The van der Waals surface area contributed by atoms with Crippen molar-refractivity contribution in [3.05, 3.63) is 46.2 Å². The van der Waals surface area contributed by atoms with Gasteiger partial charge < -0.3 is 19.5 Å². The predicted octanol–water partition coefficient (Wildman–Crippen LogP) is 3.91. The fourth-order valence-electron chi connectivity index (χ4n) is 2.96. The first-order chi connectivity index (χ1) is 16.1. The summed E-state index contributed by atoms with van der Waals surface area (Å²) in [5, 5.41) is 11.8. The van der Waals surface area contributed by atoms with Gasteiger partial charge in [0, 0.05) is 26.7 Å². The maximum absolute atomic E-state index is 13.9. The summed E-state index contributed by atoms with van der Waals surface area (Å²) in [6.07, 6.45) is -0.665. The van der Waals surface area contributed by atoms with E-state index in [1.54, 1.807) is 32.5 Å². The first-order valence-corrected chi connectivity index (χ1v) is 12.1. The molecule has 2 amide bonds. The molecule has 0 saturated heterocycles. The second-order valence-corrected chi connectivity index (χ2v) is 9.33. The number of aromatic nitrogens is 4. The van der Waals surface area contributed by atoms with Crippen molar-refractivity contribution in [2.24, 2.45) is 0 Å². The van der Waals surface area contributed by atoms with Crippen LogP contribution in [0.4, 0.5) is 13.9 Å². The molecule has 0 aliphatic carbocycles. The molecule has 13 heteroatoms. The molecule has 1 atom stereocenters. The van der Waals surface area contributed by atoms with E-state index in [0.717, 1.165) is 23.5 Å². The van der Waals surface area contributed by atoms with Gasteiger partial charge >= 0.3 is 0 Å². The van der Waals surface area contributed by atoms with E-state index in [4.69, 9.17) is 4.74 Å². The van der Waals surface area contributed by atoms with E-state index in [-0.39, 0.29) is 23.3 Å². The van der Waals surface area contributed by atoms with Gasteiger partial charge in [0.25, 0.3) is 5.91 Å². The fraction of sp³-hybridized carbons (Fsp3) is 0.381. The van der Waals surface area contributed by atoms with Gasteiger partial charge in [-0.3, -0.25) is 9.59 Å². The van der Waals surface area contributed by atoms with Crippen LogP contribution < -0.4 is 10.1 Å². The van der Waals surface area contributed by atoms with Crippen molar-refractivity contribution in [3.63, 3.8) is 0 Å². The van der Waals surface area contributed by atoms with Crippen LogP contribution in [0.25, 0.3) is 0 Å². The quantitative estimate of drug-likeness (QED) is 0.436. The summed E-state index contributed by atoms with van der Waals surface area (Å²) in [4.78, 5) is 30.8. The van der Waals surface area contributed by atoms with Crippen molar-refractivity contribution in [3.8, 4) is 5.75 Å². The van der Waals surface area contributed by atoms with Crippen LogP contribution in [-0.2, 0) is 11.3 Å². The smallest absolute Gasteiger partial charge is 0.265 e. The lowest BCUT2D eigenvalue weighted by atomic mass is 10.3. The Morgan fingerprint density at radius 1 is 1.29 bits per heavy atom. The predicted molar refractivity (Wildman–Crippen MR) is 125 cm³/mol. The third-order valence-electron chi connectivity index (χ3n) is 4.60. The number of benzene rings is 1. The molecule has 0 radical (unpaired) electrons. The minimum Gasteiger partial charge on any atom is -0.480 e. The number of nitrogens with zero attached hydrogens (tertiary/aromatic N) is 5. The first-order valence-electron chi connectivity index (χ1n) is 10.3. The molecule has 3 aromatic rings. The molecule has 0 spiro atoms. The molecular weight excluding hydrogens is 486 g/mol. The number of hydrogen-bond acceptors (Lipinski definition) is 8. The van der Waals surface area contributed by atoms with Crippen molar-refractivity contribution in [2.75, 3.05) is 25.2 Å². The lowest BCUT2D eigenvalue weighted by molar-refractivity contribution is -0.113. The number of thioether (sulfide) groups is 1. The minimum atomic E-state index is -0.812. The molecule has 0 bridgehead atoms. The molecular formula is C21H24F2N6O3S2. The van der Waals surface area contributed by atoms with E-state index >= 15 is 0 Å². The van der Waals surface area contributed by atoms with E-state index in [0.29, 0.717) is 33.2 Å². The number of halogens is 2. The van der Waals surface area contributed by atoms with E-state index in [2.05, 4.69) is 20.5 Å². The Bertz CT molecular complexity index is 1200. The van der Waals surface area contributed by atoms with Crippen molar-refractivity contribution < 1.29 is 23.1 Å². The lowest BCUT2D eigenvalue weighted by Gasteiger charge is -2.16. The number of rotatable bonds is 9. The Labute approximate surface area is 203 Å². The van der Waals surface area contributed by atoms with Crippen LogP contribution >= 0.6 is 23.1 Å². The average molecular weight is 511 g/mol. The van der Waals surface area contributed by atoms with Crippen molar-refractivity contribution in [1.29, 1.82) is 0 Å². The van der Waals surface area contributed by atoms with Crippen LogP contribution in [0.3, 0.4) is 0 Å². The normalized spacial score (nSPS) is 11.9. The minimum absolute atomic E-state index is 0.0373. The SMILES string of the molecule is CCn1c(SCC(=O)Nc2nc(C)c(C(=O)N(C)C)s2)nnc1C(C)Oc1ccc(F)cc1F. The summed E-state index contributed by atoms with van der Waals surface area (Å²) in [7, 11) is 3.30. The highest BCUT2D eigenvalue weighted by molar-refractivity contribution is 7.99. The lowest BCUT2D eigenvalue weighted by Crippen LogP contribution is -2.21. The number of amides is 2. The highest BCUT2D eigenvalue weighted by Crippen LogP contribution is 2.27. The third kappa shape index (κ3) is 5.89. The van der Waals surface area contributed by atoms with Crippen LogP contribution in [0, 0.1) is 18.6 Å². The third-order valence-corrected chi connectivity index (χ3v) is 6.63. The van der Waals surface area contributed by atoms with E-state index < -0.39 is 17.7 Å². The maximum atomic E-state index is 13.9. The average Bonchev–Trinajstić information content (AvgIpc) is 3.36. The Morgan fingerprint density at radius 3 is 2.68 bits per heavy atom. The Kier molecular flexibility index (Phi) is 8.20. The molecule has 0 aliphatic rings. The molecule has 1 aromatic carbocycles. The number of aryl methyl sites for hydroxylation is 1. The van der Waals surface area contributed by atoms with Crippen LogP contribution in [-0.4, -0.2) is 56.3 Å². The molecule has 182 valence electrons. The zero-order valence-electron chi connectivity index (χ0n) is 19.3. The van der Waals surface area contributed by atoms with Gasteiger partial charge in [-0.05, 0) is 32.9 Å². The zero-order valence-corrected chi connectivity index (χ0v) is 20.9. The number of anilines is 1. The van der Waals surface area contributed by atoms with E-state index in [9.17, 15) is 18.4 Å². The van der Waals surface area contributed by atoms with Gasteiger partial charge in [0.05, 0.1) is 11.4 Å². The van der Waals surface area contributed by atoms with Gasteiger partial charge in [0.2, 0.25) is 5.91 Å². The topological polar surface area (TPSA) is 102 Å². The molecule has 2 heterocycles. The van der Waals surface area contributed by atoms with Crippen molar-refractivity contribution in [2.45, 2.75) is 38.6 Å². The molecule has 2 aromatic heterocycles. The summed E-state index contributed by atoms with van der Waals surface area (Å²) in [6.45, 7) is 5.76. The molecule has 3 rings (SSSR count). The molecule has 0 fully saturated rings. The van der Waals surface area contributed by atoms with Gasteiger partial charge in [0.1, 0.15) is 10.7 Å². The van der Waals surface area contributed by atoms with Crippen LogP contribution in [0.1, 0.15) is 41.1 Å². The second kappa shape index (κ2) is 10.9. The van der Waals surface area contributed by atoms with Crippen molar-refractivity contribution >= 4 is 40.0 Å². The fourth-order valence-corrected chi connectivity index (χ4v) is 4.77. The maximum Gasteiger partial charge on any atom is 0.265 e. The molecule has 0 saturated carbocycles. The highest BCUT2D eigenvalue weighted by atomic mass is 32.2. The van der Waals surface area contributed by atoms with Crippen LogP contribution in [0.5, 0.6) is 5.75 Å². The molecule has 1 unspecified atom stereocenters. The number of nitrogens with one attached hydrogen (secondary N) is 1. The van der Waals surface area contributed by atoms with Crippen LogP contribution in [0.2, 0.25) is 0 Å². The molecule has 34 heavy (non-hydrogen) atoms. The van der Waals surface area contributed by atoms with Gasteiger partial charge in [-0.2, -0.15) is 0 Å². The second-order valence-electron chi connectivity index (χ2n) is 7.39. The van der Waals surface area contributed by atoms with Gasteiger partial charge in [0.15, 0.2) is 33.8 Å². The van der Waals surface area contributed by atoms with Gasteiger partial charge in [-0.15, -0.1) is 10.2 Å². The number of hydrogen-bond donors (Lipinski definition) is 1. The van der Waals surface area contributed by atoms with Crippen LogP contribution in [0.15, 0.2) is 23.4 Å². The summed E-state index contributed by atoms with van der Waals surface area (Å²) in [5.41, 5.74) is 0.550. The standard InChI is InChI=1S/C21H24F2N6O3S2/c1-6-29-18(12(3)32-15-8-7-13(22)9-14(15)23)26-27-21(29)33-10-16(30)25-20-24-11(2)17(34-20)19(31)28(4)5/h7-9,12H,6,10H2,1-5H3,(H,24,25,30). The Morgan fingerprint density at radius 2 is 2.03 bits per heavy atom. The molecule has 0 aliphatic heterocycles. The number of carbonyl (C=O) groups excluding carboxylic acids is 2. The summed E-state index contributed by atoms with van der Waals surface area (Å²) in [5.74, 6) is -1.61. The van der Waals surface area contributed by atoms with Gasteiger partial charge in [-0.1, -0.05) is 23.1 Å². The number of carbonyl (C=O) groups is 2. The first kappa shape index (κ1) is 25.6. The summed E-state index contributed by atoms with van der Waals surface area (Å²) >= 11 is 2.29. The highest BCUT2D eigenvalue weighted by Gasteiger charge is 2.22. The number of thiazole rings is 1. The summed E-state index contributed by atoms with van der Waals surface area (Å²) in [6, 6.07) is 3.07. The van der Waals surface area contributed by atoms with E-state index in [1.807, 2.05) is 6.92 Å². The number of ether oxygens (including phenoxy) is 1. The monoisotopic (exact) mass is 510 g/mol. The Hall–Kier alpha value is -3.06. The van der Waals surface area contributed by atoms with E-state index in [1.165, 1.54) is 22.7 Å². The van der Waals surface area contributed by atoms with Gasteiger partial charge in [-0.25, -0.2) is 13.8 Å². The molecule has 9 nitrogen and oxygen atoms in total. The zero-order chi connectivity index (χ0) is 25.0. The van der Waals surface area contributed by atoms with Crippen molar-refractivity contribution in [1.82, 2.24) is 24.6 Å². The summed E-state index contributed by atoms with van der Waals surface area (Å²) < 4.78 is 34.4. The Balaban J connectivity index is 1.64. The molecule has 1 N–H and O–H groups in total.